The van der Waals surface area contributed by atoms with Crippen molar-refractivity contribution < 1.29 is 19.4 Å². The number of carbonyl (C=O) groups is 2. The van der Waals surface area contributed by atoms with Gasteiger partial charge < -0.3 is 19.6 Å². The Bertz CT molecular complexity index is 329. The van der Waals surface area contributed by atoms with Gasteiger partial charge in [0.05, 0.1) is 5.54 Å². The third-order valence-corrected chi connectivity index (χ3v) is 2.81. The molecular formula is C11H20N2O4. The summed E-state index contributed by atoms with van der Waals surface area (Å²) in [5.41, 5.74) is -1.02. The van der Waals surface area contributed by atoms with Crippen LogP contribution >= 0.6 is 0 Å². The highest BCUT2D eigenvalue weighted by molar-refractivity contribution is 5.71. The number of rotatable bonds is 1. The van der Waals surface area contributed by atoms with Crippen LogP contribution < -0.4 is 0 Å². The molecule has 0 aromatic heterocycles. The van der Waals surface area contributed by atoms with Crippen molar-refractivity contribution in [1.29, 1.82) is 0 Å². The minimum absolute atomic E-state index is 0.318. The van der Waals surface area contributed by atoms with Crippen LogP contribution in [0.15, 0.2) is 0 Å². The average Bonchev–Trinajstić information content (AvgIpc) is 2.08. The summed E-state index contributed by atoms with van der Waals surface area (Å²) in [5.74, 6) is 0. The zero-order chi connectivity index (χ0) is 13.4. The molecule has 1 aliphatic heterocycles. The lowest BCUT2D eigenvalue weighted by atomic mass is 9.91. The summed E-state index contributed by atoms with van der Waals surface area (Å²) in [6, 6.07) is 0. The van der Waals surface area contributed by atoms with Crippen LogP contribution in [0.2, 0.25) is 0 Å². The summed E-state index contributed by atoms with van der Waals surface area (Å²) < 4.78 is 5.24. The molecule has 0 bridgehead atoms. The Morgan fingerprint density at radius 1 is 1.35 bits per heavy atom. The summed E-state index contributed by atoms with van der Waals surface area (Å²) in [6.45, 7) is 7.87. The molecule has 0 saturated carbocycles. The number of likely N-dealkylation sites (tertiary alicyclic amines) is 1. The van der Waals surface area contributed by atoms with Gasteiger partial charge in [0.1, 0.15) is 5.60 Å². The van der Waals surface area contributed by atoms with E-state index in [0.29, 0.717) is 13.1 Å². The van der Waals surface area contributed by atoms with Crippen molar-refractivity contribution in [3.8, 4) is 0 Å². The first-order valence-electron chi connectivity index (χ1n) is 5.50. The van der Waals surface area contributed by atoms with Crippen molar-refractivity contribution in [1.82, 2.24) is 9.80 Å². The fourth-order valence-electron chi connectivity index (χ4n) is 1.67. The lowest BCUT2D eigenvalue weighted by molar-refractivity contribution is -0.0383. The van der Waals surface area contributed by atoms with Crippen LogP contribution in [-0.2, 0) is 4.74 Å². The molecule has 0 aromatic carbocycles. The Morgan fingerprint density at radius 3 is 2.18 bits per heavy atom. The van der Waals surface area contributed by atoms with E-state index in [0.717, 1.165) is 0 Å². The zero-order valence-electron chi connectivity index (χ0n) is 11.0. The van der Waals surface area contributed by atoms with Crippen LogP contribution in [0.1, 0.15) is 27.7 Å². The smallest absolute Gasteiger partial charge is 0.410 e. The second-order valence-corrected chi connectivity index (χ2v) is 5.67. The van der Waals surface area contributed by atoms with Crippen molar-refractivity contribution >= 4 is 12.2 Å². The zero-order valence-corrected chi connectivity index (χ0v) is 11.0. The Balaban J connectivity index is 2.57. The predicted octanol–water partition coefficient (Wildman–Crippen LogP) is 1.61. The number of carboxylic acid groups (broad SMARTS) is 1. The van der Waals surface area contributed by atoms with Gasteiger partial charge in [-0.3, -0.25) is 0 Å². The molecule has 6 heteroatoms. The molecular weight excluding hydrogens is 224 g/mol. The highest BCUT2D eigenvalue weighted by atomic mass is 16.6. The first-order chi connectivity index (χ1) is 7.55. The number of hydrogen-bond donors (Lipinski definition) is 1. The lowest BCUT2D eigenvalue weighted by Gasteiger charge is -2.51. The van der Waals surface area contributed by atoms with E-state index in [1.54, 1.807) is 27.8 Å². The van der Waals surface area contributed by atoms with Gasteiger partial charge >= 0.3 is 12.2 Å². The molecule has 0 aromatic rings. The first-order valence-corrected chi connectivity index (χ1v) is 5.50. The Hall–Kier alpha value is -1.46. The van der Waals surface area contributed by atoms with Gasteiger partial charge in [0.25, 0.3) is 0 Å². The molecule has 98 valence electrons. The van der Waals surface area contributed by atoms with Crippen LogP contribution in [0.3, 0.4) is 0 Å². The molecule has 0 spiro atoms. The average molecular weight is 244 g/mol. The lowest BCUT2D eigenvalue weighted by Crippen LogP contribution is -2.69. The molecule has 1 fully saturated rings. The molecule has 0 aliphatic carbocycles. The van der Waals surface area contributed by atoms with E-state index in [9.17, 15) is 9.59 Å². The summed E-state index contributed by atoms with van der Waals surface area (Å²) >= 11 is 0. The van der Waals surface area contributed by atoms with E-state index in [4.69, 9.17) is 9.84 Å². The van der Waals surface area contributed by atoms with E-state index in [2.05, 4.69) is 0 Å². The second-order valence-electron chi connectivity index (χ2n) is 5.67. The van der Waals surface area contributed by atoms with E-state index in [1.807, 2.05) is 6.92 Å². The van der Waals surface area contributed by atoms with Gasteiger partial charge in [0, 0.05) is 20.1 Å². The number of ether oxygens (including phenoxy) is 1. The number of likely N-dealkylation sites (N-methyl/N-ethyl adjacent to an activating group) is 1. The van der Waals surface area contributed by atoms with E-state index >= 15 is 0 Å². The Kier molecular flexibility index (Phi) is 3.27. The molecule has 1 N–H and O–H groups in total. The molecule has 1 rings (SSSR count). The minimum atomic E-state index is -0.958. The van der Waals surface area contributed by atoms with Crippen LogP contribution in [0.4, 0.5) is 9.59 Å². The molecule has 1 saturated heterocycles. The van der Waals surface area contributed by atoms with Crippen molar-refractivity contribution in [2.24, 2.45) is 0 Å². The minimum Gasteiger partial charge on any atom is -0.465 e. The molecule has 0 atom stereocenters. The van der Waals surface area contributed by atoms with Crippen molar-refractivity contribution in [3.63, 3.8) is 0 Å². The SMILES string of the molecule is CN(C(=O)OC(C)(C)C)C1(C)CN(C(=O)O)C1. The highest BCUT2D eigenvalue weighted by Gasteiger charge is 2.47. The maximum atomic E-state index is 11.8. The number of amides is 2. The molecule has 0 unspecified atom stereocenters. The van der Waals surface area contributed by atoms with E-state index < -0.39 is 23.3 Å². The molecule has 6 nitrogen and oxygen atoms in total. The maximum absolute atomic E-state index is 11.8. The van der Waals surface area contributed by atoms with Gasteiger partial charge in [0.15, 0.2) is 0 Å². The molecule has 1 aliphatic rings. The van der Waals surface area contributed by atoms with Crippen LogP contribution in [0, 0.1) is 0 Å². The summed E-state index contributed by atoms with van der Waals surface area (Å²) in [4.78, 5) is 25.2. The van der Waals surface area contributed by atoms with Crippen LogP contribution in [0.5, 0.6) is 0 Å². The Morgan fingerprint density at radius 2 is 1.82 bits per heavy atom. The number of carbonyl (C=O) groups excluding carboxylic acids is 1. The number of hydrogen-bond acceptors (Lipinski definition) is 3. The van der Waals surface area contributed by atoms with Gasteiger partial charge in [-0.25, -0.2) is 9.59 Å². The molecule has 1 heterocycles. The van der Waals surface area contributed by atoms with Crippen LogP contribution in [-0.4, -0.2) is 58.4 Å². The molecule has 17 heavy (non-hydrogen) atoms. The van der Waals surface area contributed by atoms with Gasteiger partial charge in [-0.2, -0.15) is 0 Å². The van der Waals surface area contributed by atoms with Gasteiger partial charge in [-0.1, -0.05) is 0 Å². The third-order valence-electron chi connectivity index (χ3n) is 2.81. The fraction of sp³-hybridized carbons (Fsp3) is 0.818. The van der Waals surface area contributed by atoms with Crippen molar-refractivity contribution in [3.05, 3.63) is 0 Å². The largest absolute Gasteiger partial charge is 0.465 e. The topological polar surface area (TPSA) is 70.1 Å². The molecule has 0 radical (unpaired) electrons. The third kappa shape index (κ3) is 3.01. The quantitative estimate of drug-likeness (QED) is 0.760. The summed E-state index contributed by atoms with van der Waals surface area (Å²) in [6.07, 6.45) is -1.38. The maximum Gasteiger partial charge on any atom is 0.410 e. The van der Waals surface area contributed by atoms with Gasteiger partial charge in [-0.05, 0) is 27.7 Å². The van der Waals surface area contributed by atoms with Crippen LogP contribution in [0.25, 0.3) is 0 Å². The fourth-order valence-corrected chi connectivity index (χ4v) is 1.67. The highest BCUT2D eigenvalue weighted by Crippen LogP contribution is 2.27. The monoisotopic (exact) mass is 244 g/mol. The second kappa shape index (κ2) is 4.09. The van der Waals surface area contributed by atoms with E-state index in [1.165, 1.54) is 9.80 Å². The van der Waals surface area contributed by atoms with E-state index in [-0.39, 0.29) is 0 Å². The normalized spacial score (nSPS) is 18.3. The van der Waals surface area contributed by atoms with Gasteiger partial charge in [0.2, 0.25) is 0 Å². The van der Waals surface area contributed by atoms with Gasteiger partial charge in [-0.15, -0.1) is 0 Å². The molecule has 2 amide bonds. The first kappa shape index (κ1) is 13.6. The predicted molar refractivity (Wildman–Crippen MR) is 62.0 cm³/mol. The standard InChI is InChI=1S/C11H20N2O4/c1-10(2,3)17-9(16)12(5)11(4)6-13(7-11)8(14)15/h6-7H2,1-5H3,(H,14,15). The summed E-state index contributed by atoms with van der Waals surface area (Å²) in [7, 11) is 1.63. The number of nitrogens with zero attached hydrogens (tertiary/aromatic N) is 2. The van der Waals surface area contributed by atoms with Crippen molar-refractivity contribution in [2.45, 2.75) is 38.8 Å². The van der Waals surface area contributed by atoms with Crippen molar-refractivity contribution in [2.75, 3.05) is 20.1 Å². The summed E-state index contributed by atoms with van der Waals surface area (Å²) in [5, 5.41) is 8.76. The Labute approximate surface area is 101 Å².